The van der Waals surface area contributed by atoms with Gasteiger partial charge in [0.05, 0.1) is 36.4 Å². The molecule has 3 heterocycles. The Morgan fingerprint density at radius 1 is 1.07 bits per heavy atom. The quantitative estimate of drug-likeness (QED) is 0.240. The SMILES string of the molecule is C=C[C@H]1C[C@]1(NC(=O)[C@@H]1C[C@@H]2CN1C(=O)[C@H](C(C)(C)C)CC(=O)OCCC/C=C/c1ccc3cc(-c4ccccc4)nc(c3c1)O2)C(=O)NS(=O)(=O)C1CC1. The highest BCUT2D eigenvalue weighted by Gasteiger charge is 2.62. The molecule has 290 valence electrons. The van der Waals surface area contributed by atoms with E-state index in [-0.39, 0.29) is 32.4 Å². The summed E-state index contributed by atoms with van der Waals surface area (Å²) in [7, 11) is -3.90. The van der Waals surface area contributed by atoms with Crippen LogP contribution < -0.4 is 14.8 Å². The van der Waals surface area contributed by atoms with E-state index in [9.17, 15) is 27.6 Å². The summed E-state index contributed by atoms with van der Waals surface area (Å²) in [6.45, 7) is 9.57. The Morgan fingerprint density at radius 3 is 2.53 bits per heavy atom. The van der Waals surface area contributed by atoms with Gasteiger partial charge in [0.2, 0.25) is 27.7 Å². The van der Waals surface area contributed by atoms with Gasteiger partial charge in [0.15, 0.2) is 0 Å². The summed E-state index contributed by atoms with van der Waals surface area (Å²) in [4.78, 5) is 62.2. The number of esters is 1. The fourth-order valence-corrected chi connectivity index (χ4v) is 8.90. The maximum Gasteiger partial charge on any atom is 0.306 e. The van der Waals surface area contributed by atoms with Gasteiger partial charge in [-0.15, -0.1) is 6.58 Å². The standard InChI is InChI=1S/C42H48N4O8S/c1-5-29-24-42(29,40(50)45-55(51,52)31-17-18-31)44-37(48)35-22-30-25-46(35)39(49)33(41(2,3)4)23-36(47)53-19-11-7-8-12-26-15-16-28-21-34(27-13-9-6-10-14-27)43-38(54-30)32(28)20-26/h5-6,8-10,12-16,20-21,29-31,33,35H,1,7,11,17-19,22-25H2,2-4H3,(H,44,48)(H,45,50)/b12-8+/t29-,30+,33+,35-,42+/m0/s1. The maximum absolute atomic E-state index is 14.7. The first kappa shape index (κ1) is 38.2. The number of hydrogen-bond donors (Lipinski definition) is 2. The summed E-state index contributed by atoms with van der Waals surface area (Å²) in [5, 5.41) is 3.86. The number of pyridine rings is 1. The lowest BCUT2D eigenvalue weighted by Gasteiger charge is -2.35. The molecule has 13 heteroatoms. The number of fused-ring (bicyclic) bond motifs is 3. The zero-order chi connectivity index (χ0) is 39.1. The van der Waals surface area contributed by atoms with Crippen LogP contribution in [0.2, 0.25) is 0 Å². The lowest BCUT2D eigenvalue weighted by Crippen LogP contribution is -2.57. The Labute approximate surface area is 321 Å². The number of amides is 3. The molecule has 4 aliphatic rings. The first-order valence-electron chi connectivity index (χ1n) is 19.0. The van der Waals surface area contributed by atoms with E-state index in [1.54, 1.807) is 0 Å². The predicted octanol–water partition coefficient (Wildman–Crippen LogP) is 5.32. The van der Waals surface area contributed by atoms with Crippen LogP contribution in [-0.4, -0.2) is 78.1 Å². The zero-order valence-electron chi connectivity index (χ0n) is 31.5. The lowest BCUT2D eigenvalue weighted by atomic mass is 9.77. The fourth-order valence-electron chi connectivity index (χ4n) is 7.53. The van der Waals surface area contributed by atoms with Crippen LogP contribution in [0.1, 0.15) is 71.3 Å². The Hall–Kier alpha value is -5.04. The van der Waals surface area contributed by atoms with E-state index in [0.29, 0.717) is 37.3 Å². The first-order chi connectivity index (χ1) is 26.2. The van der Waals surface area contributed by atoms with Gasteiger partial charge in [-0.1, -0.05) is 81.5 Å². The number of carbonyl (C=O) groups excluding carboxylic acids is 4. The molecular weight excluding hydrogens is 721 g/mol. The summed E-state index contributed by atoms with van der Waals surface area (Å²) in [5.41, 5.74) is 0.270. The van der Waals surface area contributed by atoms with Gasteiger partial charge >= 0.3 is 5.97 Å². The molecule has 1 aromatic heterocycles. The first-order valence-corrected chi connectivity index (χ1v) is 20.5. The Bertz CT molecular complexity index is 2160. The van der Waals surface area contributed by atoms with Crippen molar-refractivity contribution in [1.29, 1.82) is 0 Å². The van der Waals surface area contributed by atoms with Crippen molar-refractivity contribution >= 4 is 50.6 Å². The predicted molar refractivity (Wildman–Crippen MR) is 208 cm³/mol. The van der Waals surface area contributed by atoms with Crippen LogP contribution in [0.3, 0.4) is 0 Å². The van der Waals surface area contributed by atoms with Gasteiger partial charge < -0.3 is 19.7 Å². The number of aromatic nitrogens is 1. The van der Waals surface area contributed by atoms with Crippen LogP contribution in [0.25, 0.3) is 28.1 Å². The monoisotopic (exact) mass is 768 g/mol. The van der Waals surface area contributed by atoms with E-state index in [4.69, 9.17) is 14.5 Å². The number of allylic oxidation sites excluding steroid dienone is 1. The minimum absolute atomic E-state index is 0.00295. The van der Waals surface area contributed by atoms with Crippen LogP contribution in [0.15, 0.2) is 73.3 Å². The summed E-state index contributed by atoms with van der Waals surface area (Å²) in [5.74, 6) is -3.41. The van der Waals surface area contributed by atoms with Crippen LogP contribution in [0.5, 0.6) is 5.88 Å². The van der Waals surface area contributed by atoms with Gasteiger partial charge in [-0.05, 0) is 60.6 Å². The number of carbonyl (C=O) groups is 4. The molecule has 1 saturated heterocycles. The number of rotatable bonds is 7. The number of benzene rings is 2. The highest BCUT2D eigenvalue weighted by atomic mass is 32.2. The molecule has 0 unspecified atom stereocenters. The molecular formula is C42H48N4O8S. The van der Waals surface area contributed by atoms with E-state index >= 15 is 0 Å². The minimum atomic E-state index is -3.90. The van der Waals surface area contributed by atoms with E-state index in [1.807, 2.05) is 87.5 Å². The molecule has 2 N–H and O–H groups in total. The third-order valence-electron chi connectivity index (χ3n) is 11.1. The number of sulfonamides is 1. The molecule has 5 atom stereocenters. The molecule has 3 amide bonds. The topological polar surface area (TPSA) is 161 Å². The van der Waals surface area contributed by atoms with Crippen LogP contribution in [0, 0.1) is 17.3 Å². The van der Waals surface area contributed by atoms with Crippen molar-refractivity contribution < 1.29 is 37.1 Å². The van der Waals surface area contributed by atoms with Gasteiger partial charge in [0, 0.05) is 23.3 Å². The molecule has 55 heavy (non-hydrogen) atoms. The average Bonchev–Trinajstić information content (AvgIpc) is 4.08. The fraction of sp³-hybridized carbons (Fsp3) is 0.452. The van der Waals surface area contributed by atoms with Gasteiger partial charge in [0.25, 0.3) is 5.91 Å². The molecule has 2 aliphatic heterocycles. The summed E-state index contributed by atoms with van der Waals surface area (Å²) in [6.07, 6.45) is 7.05. The Balaban J connectivity index is 1.26. The van der Waals surface area contributed by atoms with Crippen LogP contribution in [-0.2, 0) is 33.9 Å². The number of cyclic esters (lactones) is 1. The van der Waals surface area contributed by atoms with Gasteiger partial charge in [-0.2, -0.15) is 0 Å². The lowest BCUT2D eigenvalue weighted by molar-refractivity contribution is -0.153. The van der Waals surface area contributed by atoms with Gasteiger partial charge in [0.1, 0.15) is 17.7 Å². The van der Waals surface area contributed by atoms with E-state index in [0.717, 1.165) is 21.9 Å². The van der Waals surface area contributed by atoms with Crippen molar-refractivity contribution in [3.05, 3.63) is 78.9 Å². The van der Waals surface area contributed by atoms with E-state index in [2.05, 4.69) is 16.6 Å². The molecule has 3 aromatic rings. The van der Waals surface area contributed by atoms with Crippen molar-refractivity contribution in [2.75, 3.05) is 13.2 Å². The van der Waals surface area contributed by atoms with Gasteiger partial charge in [-0.3, -0.25) is 23.9 Å². The number of nitrogens with zero attached hydrogens (tertiary/aromatic N) is 2. The highest BCUT2D eigenvalue weighted by molar-refractivity contribution is 7.91. The second-order valence-corrected chi connectivity index (χ2v) is 18.2. The van der Waals surface area contributed by atoms with Crippen molar-refractivity contribution in [1.82, 2.24) is 19.9 Å². The summed E-state index contributed by atoms with van der Waals surface area (Å²) in [6, 6.07) is 16.6. The summed E-state index contributed by atoms with van der Waals surface area (Å²) < 4.78 is 40.0. The molecule has 12 nitrogen and oxygen atoms in total. The smallest absolute Gasteiger partial charge is 0.306 e. The third kappa shape index (κ3) is 8.17. The molecule has 4 bridgehead atoms. The van der Waals surface area contributed by atoms with E-state index in [1.165, 1.54) is 11.0 Å². The molecule has 3 fully saturated rings. The molecule has 2 aromatic carbocycles. The Morgan fingerprint density at radius 2 is 1.84 bits per heavy atom. The van der Waals surface area contributed by atoms with Gasteiger partial charge in [-0.25, -0.2) is 13.4 Å². The van der Waals surface area contributed by atoms with Crippen molar-refractivity contribution in [3.63, 3.8) is 0 Å². The third-order valence-corrected chi connectivity index (χ3v) is 12.9. The van der Waals surface area contributed by atoms with E-state index < -0.39 is 73.9 Å². The second kappa shape index (κ2) is 14.9. The van der Waals surface area contributed by atoms with Crippen LogP contribution >= 0.6 is 0 Å². The maximum atomic E-state index is 14.7. The molecule has 7 rings (SSSR count). The number of ether oxygens (including phenoxy) is 2. The van der Waals surface area contributed by atoms with Crippen molar-refractivity contribution in [2.45, 2.75) is 88.7 Å². The van der Waals surface area contributed by atoms with Crippen molar-refractivity contribution in [2.24, 2.45) is 17.3 Å². The van der Waals surface area contributed by atoms with Crippen LogP contribution in [0.4, 0.5) is 0 Å². The summed E-state index contributed by atoms with van der Waals surface area (Å²) >= 11 is 0. The molecule has 0 spiro atoms. The largest absolute Gasteiger partial charge is 0.472 e. The normalized spacial score (nSPS) is 26.6. The number of nitrogens with one attached hydrogen (secondary N) is 2. The van der Waals surface area contributed by atoms with Crippen molar-refractivity contribution in [3.8, 4) is 17.1 Å². The average molecular weight is 769 g/mol. The minimum Gasteiger partial charge on any atom is -0.472 e. The Kier molecular flexibility index (Phi) is 10.4. The highest BCUT2D eigenvalue weighted by Crippen LogP contribution is 2.46. The number of hydrogen-bond acceptors (Lipinski definition) is 9. The second-order valence-electron chi connectivity index (χ2n) is 16.2. The molecule has 2 aliphatic carbocycles. The molecule has 2 saturated carbocycles. The zero-order valence-corrected chi connectivity index (χ0v) is 32.3. The molecule has 0 radical (unpaired) electrons.